The van der Waals surface area contributed by atoms with Crippen molar-refractivity contribution in [2.24, 2.45) is 5.41 Å². The molecule has 3 aromatic rings. The number of methoxy groups -OCH3 is 1. The van der Waals surface area contributed by atoms with Crippen molar-refractivity contribution in [3.8, 4) is 5.75 Å². The van der Waals surface area contributed by atoms with Crippen molar-refractivity contribution in [1.82, 2.24) is 4.90 Å². The standard InChI is InChI=1S/C32H39NO3/c1-33(2)21-31(22-34,23-36-20-24-12-14-25(35-3)15-13-24)18-19-32-17-16-26(27-8-4-6-10-29(27)32)28-9-5-7-11-30(28)32/h4-15,26,34H,16-23H2,1-3H3. The van der Waals surface area contributed by atoms with Crippen molar-refractivity contribution in [2.75, 3.05) is 41.0 Å². The number of aliphatic hydroxyl groups excluding tert-OH is 1. The predicted octanol–water partition coefficient (Wildman–Crippen LogP) is 5.76. The number of nitrogens with zero attached hydrogens (tertiary/aromatic N) is 1. The fourth-order valence-electron chi connectivity index (χ4n) is 6.78. The molecule has 190 valence electrons. The van der Waals surface area contributed by atoms with Crippen LogP contribution < -0.4 is 4.74 Å². The average molecular weight is 486 g/mol. The molecule has 0 aliphatic heterocycles. The third-order valence-electron chi connectivity index (χ3n) is 8.47. The number of hydrogen-bond donors (Lipinski definition) is 1. The first kappa shape index (κ1) is 25.0. The van der Waals surface area contributed by atoms with Crippen LogP contribution in [0.1, 0.15) is 59.4 Å². The summed E-state index contributed by atoms with van der Waals surface area (Å²) in [7, 11) is 5.85. The van der Waals surface area contributed by atoms with Crippen LogP contribution in [0.4, 0.5) is 0 Å². The zero-order valence-electron chi connectivity index (χ0n) is 21.9. The van der Waals surface area contributed by atoms with Crippen molar-refractivity contribution < 1.29 is 14.6 Å². The van der Waals surface area contributed by atoms with Gasteiger partial charge in [-0.2, -0.15) is 0 Å². The molecule has 3 aromatic carbocycles. The van der Waals surface area contributed by atoms with Gasteiger partial charge in [-0.05, 0) is 79.7 Å². The van der Waals surface area contributed by atoms with Crippen molar-refractivity contribution in [1.29, 1.82) is 0 Å². The summed E-state index contributed by atoms with van der Waals surface area (Å²) in [6.07, 6.45) is 4.27. The van der Waals surface area contributed by atoms with Crippen LogP contribution in [-0.2, 0) is 16.8 Å². The van der Waals surface area contributed by atoms with E-state index in [0.29, 0.717) is 19.1 Å². The molecule has 3 aliphatic rings. The average Bonchev–Trinajstić information content (AvgIpc) is 2.92. The topological polar surface area (TPSA) is 41.9 Å². The maximum absolute atomic E-state index is 10.8. The number of hydrogen-bond acceptors (Lipinski definition) is 4. The lowest BCUT2D eigenvalue weighted by atomic mass is 9.53. The summed E-state index contributed by atoms with van der Waals surface area (Å²) >= 11 is 0. The Morgan fingerprint density at radius 3 is 2.17 bits per heavy atom. The van der Waals surface area contributed by atoms with Crippen molar-refractivity contribution >= 4 is 0 Å². The minimum Gasteiger partial charge on any atom is -0.497 e. The second kappa shape index (κ2) is 10.4. The summed E-state index contributed by atoms with van der Waals surface area (Å²) in [5, 5.41) is 10.8. The molecule has 36 heavy (non-hydrogen) atoms. The van der Waals surface area contributed by atoms with Crippen molar-refractivity contribution in [3.05, 3.63) is 101 Å². The normalized spacial score (nSPS) is 21.6. The van der Waals surface area contributed by atoms with Gasteiger partial charge in [-0.25, -0.2) is 0 Å². The van der Waals surface area contributed by atoms with E-state index in [1.54, 1.807) is 7.11 Å². The summed E-state index contributed by atoms with van der Waals surface area (Å²) < 4.78 is 11.6. The Balaban J connectivity index is 1.39. The lowest BCUT2D eigenvalue weighted by molar-refractivity contribution is -0.0238. The van der Waals surface area contributed by atoms with Crippen molar-refractivity contribution in [2.45, 2.75) is 43.6 Å². The van der Waals surface area contributed by atoms with Gasteiger partial charge in [0.2, 0.25) is 0 Å². The molecule has 4 heteroatoms. The lowest BCUT2D eigenvalue weighted by Gasteiger charge is -2.51. The predicted molar refractivity (Wildman–Crippen MR) is 145 cm³/mol. The lowest BCUT2D eigenvalue weighted by Crippen LogP contribution is -2.45. The highest BCUT2D eigenvalue weighted by molar-refractivity contribution is 5.59. The summed E-state index contributed by atoms with van der Waals surface area (Å²) in [6.45, 7) is 1.94. The minimum absolute atomic E-state index is 0.00462. The Hall–Kier alpha value is -2.66. The number of aliphatic hydroxyl groups is 1. The van der Waals surface area contributed by atoms with Gasteiger partial charge in [0.1, 0.15) is 5.75 Å². The number of rotatable bonds is 11. The number of benzene rings is 3. The third kappa shape index (κ3) is 4.58. The van der Waals surface area contributed by atoms with E-state index in [2.05, 4.69) is 67.5 Å². The largest absolute Gasteiger partial charge is 0.497 e. The zero-order chi connectivity index (χ0) is 25.2. The van der Waals surface area contributed by atoms with Crippen molar-refractivity contribution in [3.63, 3.8) is 0 Å². The van der Waals surface area contributed by atoms with Gasteiger partial charge >= 0.3 is 0 Å². The van der Waals surface area contributed by atoms with Crippen LogP contribution in [0, 0.1) is 5.41 Å². The van der Waals surface area contributed by atoms with E-state index >= 15 is 0 Å². The molecule has 1 unspecified atom stereocenters. The minimum atomic E-state index is -0.330. The van der Waals surface area contributed by atoms with Crippen LogP contribution in [0.5, 0.6) is 5.75 Å². The second-order valence-electron chi connectivity index (χ2n) is 11.1. The van der Waals surface area contributed by atoms with Crippen LogP contribution in [0.2, 0.25) is 0 Å². The van der Waals surface area contributed by atoms with Gasteiger partial charge in [-0.1, -0.05) is 60.7 Å². The Morgan fingerprint density at radius 1 is 0.944 bits per heavy atom. The number of ether oxygens (including phenoxy) is 2. The zero-order valence-corrected chi connectivity index (χ0v) is 21.9. The highest BCUT2D eigenvalue weighted by Crippen LogP contribution is 2.58. The molecule has 3 aliphatic carbocycles. The fraction of sp³-hybridized carbons (Fsp3) is 0.438. The van der Waals surface area contributed by atoms with Gasteiger partial charge in [0.05, 0.1) is 26.9 Å². The first-order chi connectivity index (χ1) is 17.5. The molecule has 6 rings (SSSR count). The van der Waals surface area contributed by atoms with Gasteiger partial charge in [0.15, 0.2) is 0 Å². The molecule has 0 radical (unpaired) electrons. The molecule has 0 fully saturated rings. The quantitative estimate of drug-likeness (QED) is 0.375. The van der Waals surface area contributed by atoms with Gasteiger partial charge in [-0.15, -0.1) is 0 Å². The first-order valence-electron chi connectivity index (χ1n) is 13.2. The van der Waals surface area contributed by atoms with Gasteiger partial charge < -0.3 is 19.5 Å². The summed E-state index contributed by atoms with van der Waals surface area (Å²) in [5.74, 6) is 1.36. The van der Waals surface area contributed by atoms with E-state index in [0.717, 1.165) is 30.7 Å². The van der Waals surface area contributed by atoms with E-state index in [4.69, 9.17) is 9.47 Å². The molecule has 4 nitrogen and oxygen atoms in total. The monoisotopic (exact) mass is 485 g/mol. The van der Waals surface area contributed by atoms with Crippen LogP contribution in [-0.4, -0.2) is 51.0 Å². The smallest absolute Gasteiger partial charge is 0.118 e. The van der Waals surface area contributed by atoms with Gasteiger partial charge in [0.25, 0.3) is 0 Å². The molecular weight excluding hydrogens is 446 g/mol. The molecule has 1 N–H and O–H groups in total. The van der Waals surface area contributed by atoms with E-state index in [1.165, 1.54) is 35.1 Å². The van der Waals surface area contributed by atoms with Gasteiger partial charge in [0, 0.05) is 23.3 Å². The van der Waals surface area contributed by atoms with E-state index < -0.39 is 0 Å². The maximum Gasteiger partial charge on any atom is 0.118 e. The SMILES string of the molecule is COc1ccc(COCC(CO)(CCC23CCC(c4ccccc42)c2ccccc23)CN(C)C)cc1. The molecule has 2 bridgehead atoms. The van der Waals surface area contributed by atoms with Crippen LogP contribution >= 0.6 is 0 Å². The molecule has 1 atom stereocenters. The summed E-state index contributed by atoms with van der Waals surface area (Å²) in [4.78, 5) is 2.18. The molecule has 0 saturated carbocycles. The molecule has 0 aromatic heterocycles. The molecule has 0 heterocycles. The van der Waals surface area contributed by atoms with Crippen LogP contribution in [0.25, 0.3) is 0 Å². The first-order valence-corrected chi connectivity index (χ1v) is 13.2. The van der Waals surface area contributed by atoms with Gasteiger partial charge in [-0.3, -0.25) is 0 Å². The molecule has 0 spiro atoms. The van der Waals surface area contributed by atoms with E-state index in [1.807, 2.05) is 24.3 Å². The highest BCUT2D eigenvalue weighted by atomic mass is 16.5. The molecular formula is C32H39NO3. The Labute approximate surface area is 215 Å². The van der Waals surface area contributed by atoms with Crippen LogP contribution in [0.3, 0.4) is 0 Å². The maximum atomic E-state index is 10.8. The molecule has 0 amide bonds. The Bertz CT molecular complexity index is 1120. The second-order valence-corrected chi connectivity index (χ2v) is 11.1. The Kier molecular flexibility index (Phi) is 7.21. The summed E-state index contributed by atoms with van der Waals surface area (Å²) in [6, 6.07) is 26.1. The summed E-state index contributed by atoms with van der Waals surface area (Å²) in [5.41, 5.74) is 6.78. The Morgan fingerprint density at radius 2 is 1.58 bits per heavy atom. The number of fused-ring (bicyclic) bond motifs is 1. The molecule has 0 saturated heterocycles. The third-order valence-corrected chi connectivity index (χ3v) is 8.47. The fourth-order valence-corrected chi connectivity index (χ4v) is 6.78. The van der Waals surface area contributed by atoms with E-state index in [-0.39, 0.29) is 17.4 Å². The highest BCUT2D eigenvalue weighted by Gasteiger charge is 2.48. The van der Waals surface area contributed by atoms with E-state index in [9.17, 15) is 5.11 Å². The van der Waals surface area contributed by atoms with Crippen LogP contribution in [0.15, 0.2) is 72.8 Å².